The number of hydrogen-bond donors (Lipinski definition) is 2. The zero-order valence-corrected chi connectivity index (χ0v) is 15.2. The van der Waals surface area contributed by atoms with Crippen LogP contribution >= 0.6 is 23.2 Å². The van der Waals surface area contributed by atoms with Crippen LogP contribution in [0.25, 0.3) is 0 Å². The maximum atomic E-state index is 12.3. The highest BCUT2D eigenvalue weighted by Crippen LogP contribution is 2.26. The van der Waals surface area contributed by atoms with Crippen molar-refractivity contribution in [2.75, 3.05) is 11.9 Å². The Morgan fingerprint density at radius 1 is 1.12 bits per heavy atom. The van der Waals surface area contributed by atoms with Crippen molar-refractivity contribution in [1.29, 1.82) is 0 Å². The van der Waals surface area contributed by atoms with Crippen LogP contribution in [0, 0.1) is 0 Å². The fourth-order valence-electron chi connectivity index (χ4n) is 1.91. The van der Waals surface area contributed by atoms with Gasteiger partial charge in [-0.15, -0.1) is 0 Å². The van der Waals surface area contributed by atoms with Crippen LogP contribution in [0.5, 0.6) is 0 Å². The van der Waals surface area contributed by atoms with Gasteiger partial charge in [0.25, 0.3) is 5.91 Å². The zero-order chi connectivity index (χ0) is 17.7. The highest BCUT2D eigenvalue weighted by atomic mass is 35.5. The van der Waals surface area contributed by atoms with E-state index < -0.39 is 15.9 Å². The minimum absolute atomic E-state index is 0.0285. The SMILES string of the molecule is CCCNS(=O)(=O)c1cccc(C(=O)Nc2cc(Cl)ccc2Cl)c1. The maximum absolute atomic E-state index is 12.3. The van der Waals surface area contributed by atoms with E-state index in [1.54, 1.807) is 12.1 Å². The molecule has 0 saturated heterocycles. The summed E-state index contributed by atoms with van der Waals surface area (Å²) in [6, 6.07) is 10.5. The van der Waals surface area contributed by atoms with E-state index >= 15 is 0 Å². The number of carbonyl (C=O) groups is 1. The van der Waals surface area contributed by atoms with Gasteiger partial charge in [0, 0.05) is 17.1 Å². The molecule has 0 aliphatic heterocycles. The standard InChI is InChI=1S/C16H16Cl2N2O3S/c1-2-8-19-24(22,23)13-5-3-4-11(9-13)16(21)20-15-10-12(17)6-7-14(15)18/h3-7,9-10,19H,2,8H2,1H3,(H,20,21). The molecule has 1 amide bonds. The molecule has 0 unspecified atom stereocenters. The average molecular weight is 387 g/mol. The number of rotatable bonds is 6. The predicted octanol–water partition coefficient (Wildman–Crippen LogP) is 3.93. The second-order valence-corrected chi connectivity index (χ2v) is 7.61. The van der Waals surface area contributed by atoms with Crippen LogP contribution in [0.4, 0.5) is 5.69 Å². The summed E-state index contributed by atoms with van der Waals surface area (Å²) in [5, 5.41) is 3.38. The number of halogens is 2. The van der Waals surface area contributed by atoms with Gasteiger partial charge in [0.05, 0.1) is 15.6 Å². The molecule has 0 radical (unpaired) electrons. The van der Waals surface area contributed by atoms with E-state index in [2.05, 4.69) is 10.0 Å². The Hall–Kier alpha value is -1.60. The van der Waals surface area contributed by atoms with Gasteiger partial charge in [-0.05, 0) is 42.8 Å². The fraction of sp³-hybridized carbons (Fsp3) is 0.188. The lowest BCUT2D eigenvalue weighted by Crippen LogP contribution is -2.24. The lowest BCUT2D eigenvalue weighted by Gasteiger charge is -2.10. The summed E-state index contributed by atoms with van der Waals surface area (Å²) < 4.78 is 26.7. The first-order valence-electron chi connectivity index (χ1n) is 7.19. The van der Waals surface area contributed by atoms with E-state index in [1.807, 2.05) is 6.92 Å². The van der Waals surface area contributed by atoms with Crippen molar-refractivity contribution < 1.29 is 13.2 Å². The van der Waals surface area contributed by atoms with Gasteiger partial charge < -0.3 is 5.32 Å². The van der Waals surface area contributed by atoms with E-state index in [0.29, 0.717) is 28.7 Å². The summed E-state index contributed by atoms with van der Waals surface area (Å²) in [7, 11) is -3.64. The highest BCUT2D eigenvalue weighted by Gasteiger charge is 2.16. The lowest BCUT2D eigenvalue weighted by atomic mass is 10.2. The topological polar surface area (TPSA) is 75.3 Å². The largest absolute Gasteiger partial charge is 0.321 e. The minimum atomic E-state index is -3.64. The third kappa shape index (κ3) is 4.70. The summed E-state index contributed by atoms with van der Waals surface area (Å²) in [5.74, 6) is -0.480. The van der Waals surface area contributed by atoms with Crippen LogP contribution in [-0.4, -0.2) is 20.9 Å². The first kappa shape index (κ1) is 18.7. The molecule has 0 aromatic heterocycles. The molecule has 2 N–H and O–H groups in total. The second-order valence-electron chi connectivity index (χ2n) is 5.00. The second kappa shape index (κ2) is 7.98. The number of benzene rings is 2. The van der Waals surface area contributed by atoms with Crippen LogP contribution < -0.4 is 10.0 Å². The van der Waals surface area contributed by atoms with E-state index in [4.69, 9.17) is 23.2 Å². The van der Waals surface area contributed by atoms with Gasteiger partial charge in [-0.3, -0.25) is 4.79 Å². The van der Waals surface area contributed by atoms with Crippen molar-refractivity contribution >= 4 is 44.8 Å². The third-order valence-electron chi connectivity index (χ3n) is 3.13. The molecule has 0 saturated carbocycles. The first-order valence-corrected chi connectivity index (χ1v) is 9.43. The fourth-order valence-corrected chi connectivity index (χ4v) is 3.43. The summed E-state index contributed by atoms with van der Waals surface area (Å²) in [6.07, 6.45) is 0.673. The molecule has 0 heterocycles. The molecule has 8 heteroatoms. The average Bonchev–Trinajstić information content (AvgIpc) is 2.56. The molecule has 2 rings (SSSR count). The maximum Gasteiger partial charge on any atom is 0.255 e. The normalized spacial score (nSPS) is 11.3. The molecule has 5 nitrogen and oxygen atoms in total. The van der Waals surface area contributed by atoms with E-state index in [0.717, 1.165) is 0 Å². The number of hydrogen-bond acceptors (Lipinski definition) is 3. The molecule has 2 aromatic rings. The molecule has 2 aromatic carbocycles. The van der Waals surface area contributed by atoms with Crippen molar-refractivity contribution in [2.24, 2.45) is 0 Å². The van der Waals surface area contributed by atoms with E-state index in [1.165, 1.54) is 30.3 Å². The smallest absolute Gasteiger partial charge is 0.255 e. The molecule has 0 atom stereocenters. The number of carbonyl (C=O) groups excluding carboxylic acids is 1. The Morgan fingerprint density at radius 3 is 2.58 bits per heavy atom. The Balaban J connectivity index is 2.25. The summed E-state index contributed by atoms with van der Waals surface area (Å²) in [6.45, 7) is 2.19. The number of nitrogens with one attached hydrogen (secondary N) is 2. The van der Waals surface area contributed by atoms with Gasteiger partial charge in [-0.1, -0.05) is 36.2 Å². The van der Waals surface area contributed by atoms with Gasteiger partial charge in [-0.25, -0.2) is 13.1 Å². The number of anilines is 1. The highest BCUT2D eigenvalue weighted by molar-refractivity contribution is 7.89. The molecule has 0 fully saturated rings. The van der Waals surface area contributed by atoms with E-state index in [-0.39, 0.29) is 10.5 Å². The molecule has 128 valence electrons. The van der Waals surface area contributed by atoms with Gasteiger partial charge in [-0.2, -0.15) is 0 Å². The Labute approximate surface area is 151 Å². The monoisotopic (exact) mass is 386 g/mol. The van der Waals surface area contributed by atoms with Crippen molar-refractivity contribution in [3.8, 4) is 0 Å². The van der Waals surface area contributed by atoms with Crippen LogP contribution in [-0.2, 0) is 10.0 Å². The minimum Gasteiger partial charge on any atom is -0.321 e. The summed E-state index contributed by atoms with van der Waals surface area (Å²) in [5.41, 5.74) is 0.553. The Kier molecular flexibility index (Phi) is 6.23. The zero-order valence-electron chi connectivity index (χ0n) is 12.8. The predicted molar refractivity (Wildman–Crippen MR) is 96.3 cm³/mol. The molecular weight excluding hydrogens is 371 g/mol. The van der Waals surface area contributed by atoms with Crippen LogP contribution in [0.15, 0.2) is 47.4 Å². The van der Waals surface area contributed by atoms with E-state index in [9.17, 15) is 13.2 Å². The van der Waals surface area contributed by atoms with Crippen molar-refractivity contribution in [3.05, 3.63) is 58.1 Å². The quantitative estimate of drug-likeness (QED) is 0.789. The molecule has 24 heavy (non-hydrogen) atoms. The Morgan fingerprint density at radius 2 is 1.88 bits per heavy atom. The van der Waals surface area contributed by atoms with Gasteiger partial charge >= 0.3 is 0 Å². The number of sulfonamides is 1. The van der Waals surface area contributed by atoms with Gasteiger partial charge in [0.2, 0.25) is 10.0 Å². The Bertz CT molecular complexity index is 854. The van der Waals surface area contributed by atoms with Crippen molar-refractivity contribution in [3.63, 3.8) is 0 Å². The van der Waals surface area contributed by atoms with Gasteiger partial charge in [0.1, 0.15) is 0 Å². The molecular formula is C16H16Cl2N2O3S. The molecule has 0 aliphatic rings. The molecule has 0 aliphatic carbocycles. The summed E-state index contributed by atoms with van der Waals surface area (Å²) in [4.78, 5) is 12.4. The van der Waals surface area contributed by atoms with Crippen LogP contribution in [0.1, 0.15) is 23.7 Å². The molecule has 0 spiro atoms. The van der Waals surface area contributed by atoms with Gasteiger partial charge in [0.15, 0.2) is 0 Å². The van der Waals surface area contributed by atoms with Crippen LogP contribution in [0.3, 0.4) is 0 Å². The first-order chi connectivity index (χ1) is 11.3. The van der Waals surface area contributed by atoms with Crippen LogP contribution in [0.2, 0.25) is 10.0 Å². The molecule has 0 bridgehead atoms. The third-order valence-corrected chi connectivity index (χ3v) is 5.15. The number of amides is 1. The van der Waals surface area contributed by atoms with Crippen molar-refractivity contribution in [1.82, 2.24) is 4.72 Å². The lowest BCUT2D eigenvalue weighted by molar-refractivity contribution is 0.102. The summed E-state index contributed by atoms with van der Waals surface area (Å²) >= 11 is 11.9. The van der Waals surface area contributed by atoms with Crippen molar-refractivity contribution in [2.45, 2.75) is 18.2 Å².